The third kappa shape index (κ3) is 4.35. The van der Waals surface area contributed by atoms with Crippen LogP contribution in [0.3, 0.4) is 0 Å². The van der Waals surface area contributed by atoms with Crippen LogP contribution in [-0.2, 0) is 0 Å². The summed E-state index contributed by atoms with van der Waals surface area (Å²) in [5.74, 6) is 1.52. The minimum atomic E-state index is -0.113. The van der Waals surface area contributed by atoms with Gasteiger partial charge in [-0.05, 0) is 37.3 Å². The van der Waals surface area contributed by atoms with Crippen molar-refractivity contribution >= 4 is 17.4 Å². The first-order valence-electron chi connectivity index (χ1n) is 9.05. The number of hydrogen-bond donors (Lipinski definition) is 2. The predicted molar refractivity (Wildman–Crippen MR) is 100 cm³/mol. The van der Waals surface area contributed by atoms with E-state index in [-0.39, 0.29) is 11.9 Å². The zero-order chi connectivity index (χ0) is 17.8. The summed E-state index contributed by atoms with van der Waals surface area (Å²) >= 11 is 0. The van der Waals surface area contributed by atoms with Crippen LogP contribution in [0.2, 0.25) is 0 Å². The molecule has 2 aromatic rings. The first kappa shape index (κ1) is 17.4. The van der Waals surface area contributed by atoms with Crippen molar-refractivity contribution in [3.8, 4) is 0 Å². The summed E-state index contributed by atoms with van der Waals surface area (Å²) in [6.45, 7) is 6.13. The second-order valence-electron chi connectivity index (χ2n) is 7.01. The van der Waals surface area contributed by atoms with Crippen LogP contribution in [0.1, 0.15) is 67.3 Å². The van der Waals surface area contributed by atoms with Crippen LogP contribution in [-0.4, -0.2) is 21.9 Å². The van der Waals surface area contributed by atoms with Gasteiger partial charge in [-0.2, -0.15) is 0 Å². The lowest BCUT2D eigenvalue weighted by Crippen LogP contribution is -2.33. The number of amides is 1. The molecule has 0 unspecified atom stereocenters. The fourth-order valence-corrected chi connectivity index (χ4v) is 3.33. The molecule has 1 amide bonds. The highest BCUT2D eigenvalue weighted by molar-refractivity contribution is 5.93. The molecule has 1 saturated carbocycles. The molecular weight excluding hydrogens is 312 g/mol. The van der Waals surface area contributed by atoms with E-state index < -0.39 is 0 Å². The van der Waals surface area contributed by atoms with Gasteiger partial charge in [-0.3, -0.25) is 4.79 Å². The molecule has 5 nitrogen and oxygen atoms in total. The molecule has 0 aliphatic heterocycles. The predicted octanol–water partition coefficient (Wildman–Crippen LogP) is 4.32. The Kier molecular flexibility index (Phi) is 5.31. The van der Waals surface area contributed by atoms with E-state index in [0.29, 0.717) is 23.3 Å². The van der Waals surface area contributed by atoms with Crippen molar-refractivity contribution in [3.63, 3.8) is 0 Å². The first-order chi connectivity index (χ1) is 12.0. The zero-order valence-corrected chi connectivity index (χ0v) is 15.2. The van der Waals surface area contributed by atoms with Gasteiger partial charge in [0.05, 0.1) is 0 Å². The van der Waals surface area contributed by atoms with Crippen LogP contribution in [0, 0.1) is 6.92 Å². The van der Waals surface area contributed by atoms with Crippen molar-refractivity contribution in [2.24, 2.45) is 0 Å². The monoisotopic (exact) mass is 338 g/mol. The summed E-state index contributed by atoms with van der Waals surface area (Å²) in [5.41, 5.74) is 2.65. The summed E-state index contributed by atoms with van der Waals surface area (Å²) in [4.78, 5) is 21.3. The fourth-order valence-electron chi connectivity index (χ4n) is 3.33. The van der Waals surface area contributed by atoms with Crippen molar-refractivity contribution in [3.05, 3.63) is 47.4 Å². The van der Waals surface area contributed by atoms with Gasteiger partial charge in [0, 0.05) is 17.8 Å². The third-order valence-electron chi connectivity index (χ3n) is 4.61. The van der Waals surface area contributed by atoms with Gasteiger partial charge in [-0.1, -0.05) is 44.9 Å². The maximum Gasteiger partial charge on any atom is 0.270 e. The molecule has 5 heteroatoms. The van der Waals surface area contributed by atoms with Crippen molar-refractivity contribution in [1.82, 2.24) is 15.3 Å². The molecule has 132 valence electrons. The number of aryl methyl sites for hydroxylation is 1. The second-order valence-corrected chi connectivity index (χ2v) is 7.01. The molecule has 1 aromatic heterocycles. The Bertz CT molecular complexity index is 751. The number of carbonyl (C=O) groups excluding carboxylic acids is 1. The summed E-state index contributed by atoms with van der Waals surface area (Å²) < 4.78 is 0. The van der Waals surface area contributed by atoms with Gasteiger partial charge < -0.3 is 10.6 Å². The Morgan fingerprint density at radius 2 is 1.88 bits per heavy atom. The van der Waals surface area contributed by atoms with E-state index in [1.54, 1.807) is 6.07 Å². The number of rotatable bonds is 5. The van der Waals surface area contributed by atoms with E-state index in [1.165, 1.54) is 18.4 Å². The van der Waals surface area contributed by atoms with E-state index in [1.807, 2.05) is 25.1 Å². The second kappa shape index (κ2) is 7.64. The van der Waals surface area contributed by atoms with Gasteiger partial charge in [0.15, 0.2) is 0 Å². The Morgan fingerprint density at radius 1 is 1.16 bits per heavy atom. The van der Waals surface area contributed by atoms with Crippen molar-refractivity contribution < 1.29 is 4.79 Å². The number of benzene rings is 1. The molecule has 2 N–H and O–H groups in total. The topological polar surface area (TPSA) is 66.9 Å². The Morgan fingerprint density at radius 3 is 2.60 bits per heavy atom. The Hall–Kier alpha value is -2.43. The molecule has 0 spiro atoms. The number of para-hydroxylation sites is 1. The van der Waals surface area contributed by atoms with Gasteiger partial charge in [0.25, 0.3) is 5.91 Å². The number of anilines is 2. The molecule has 0 atom stereocenters. The molecule has 1 aliphatic carbocycles. The van der Waals surface area contributed by atoms with Crippen molar-refractivity contribution in [2.45, 2.75) is 58.4 Å². The van der Waals surface area contributed by atoms with E-state index in [2.05, 4.69) is 40.5 Å². The summed E-state index contributed by atoms with van der Waals surface area (Å²) in [5, 5.41) is 6.44. The van der Waals surface area contributed by atoms with Gasteiger partial charge >= 0.3 is 0 Å². The Balaban J connectivity index is 1.81. The maximum absolute atomic E-state index is 12.5. The summed E-state index contributed by atoms with van der Waals surface area (Å²) in [6.07, 6.45) is 4.49. The summed E-state index contributed by atoms with van der Waals surface area (Å²) in [7, 11) is 0. The molecule has 0 bridgehead atoms. The molecule has 1 aliphatic rings. The van der Waals surface area contributed by atoms with E-state index in [0.717, 1.165) is 18.5 Å². The molecule has 1 aromatic carbocycles. The standard InChI is InChI=1S/C20H26N4O/c1-13(2)16-10-6-7-11-17(16)24-19-12-18(21-14(3)22-19)20(25)23-15-8-4-5-9-15/h6-7,10-13,15H,4-5,8-9H2,1-3H3,(H,23,25)(H,21,22,24). The van der Waals surface area contributed by atoms with Gasteiger partial charge in [0.2, 0.25) is 0 Å². The SMILES string of the molecule is Cc1nc(Nc2ccccc2C(C)C)cc(C(=O)NC2CCCC2)n1. The van der Waals surface area contributed by atoms with Gasteiger partial charge in [-0.15, -0.1) is 0 Å². The Labute approximate surface area is 149 Å². The van der Waals surface area contributed by atoms with Gasteiger partial charge in [0.1, 0.15) is 17.3 Å². The van der Waals surface area contributed by atoms with E-state index >= 15 is 0 Å². The number of nitrogens with one attached hydrogen (secondary N) is 2. The highest BCUT2D eigenvalue weighted by Gasteiger charge is 2.19. The molecular formula is C20H26N4O. The molecule has 3 rings (SSSR count). The van der Waals surface area contributed by atoms with Crippen LogP contribution in [0.5, 0.6) is 0 Å². The normalized spacial score (nSPS) is 14.7. The number of carbonyl (C=O) groups is 1. The largest absolute Gasteiger partial charge is 0.348 e. The maximum atomic E-state index is 12.5. The summed E-state index contributed by atoms with van der Waals surface area (Å²) in [6, 6.07) is 10.2. The molecule has 1 fully saturated rings. The molecule has 1 heterocycles. The highest BCUT2D eigenvalue weighted by Crippen LogP contribution is 2.26. The zero-order valence-electron chi connectivity index (χ0n) is 15.2. The highest BCUT2D eigenvalue weighted by atomic mass is 16.1. The average Bonchev–Trinajstić information content (AvgIpc) is 3.07. The van der Waals surface area contributed by atoms with Crippen LogP contribution in [0.25, 0.3) is 0 Å². The average molecular weight is 338 g/mol. The molecule has 0 radical (unpaired) electrons. The first-order valence-corrected chi connectivity index (χ1v) is 9.05. The van der Waals surface area contributed by atoms with Crippen molar-refractivity contribution in [1.29, 1.82) is 0 Å². The lowest BCUT2D eigenvalue weighted by Gasteiger charge is -2.15. The van der Waals surface area contributed by atoms with Crippen molar-refractivity contribution in [2.75, 3.05) is 5.32 Å². The van der Waals surface area contributed by atoms with Crippen LogP contribution < -0.4 is 10.6 Å². The minimum Gasteiger partial charge on any atom is -0.348 e. The molecule has 25 heavy (non-hydrogen) atoms. The van der Waals surface area contributed by atoms with Crippen LogP contribution >= 0.6 is 0 Å². The fraction of sp³-hybridized carbons (Fsp3) is 0.450. The van der Waals surface area contributed by atoms with E-state index in [9.17, 15) is 4.79 Å². The quantitative estimate of drug-likeness (QED) is 0.852. The van der Waals surface area contributed by atoms with Crippen LogP contribution in [0.15, 0.2) is 30.3 Å². The number of aromatic nitrogens is 2. The number of nitrogens with zero attached hydrogens (tertiary/aromatic N) is 2. The smallest absolute Gasteiger partial charge is 0.270 e. The third-order valence-corrected chi connectivity index (χ3v) is 4.61. The minimum absolute atomic E-state index is 0.113. The van der Waals surface area contributed by atoms with E-state index in [4.69, 9.17) is 0 Å². The van der Waals surface area contributed by atoms with Crippen LogP contribution in [0.4, 0.5) is 11.5 Å². The number of hydrogen-bond acceptors (Lipinski definition) is 4. The lowest BCUT2D eigenvalue weighted by atomic mass is 10.0. The van der Waals surface area contributed by atoms with Gasteiger partial charge in [-0.25, -0.2) is 9.97 Å². The lowest BCUT2D eigenvalue weighted by molar-refractivity contribution is 0.0932. The molecule has 0 saturated heterocycles.